The first-order valence-electron chi connectivity index (χ1n) is 5.72. The summed E-state index contributed by atoms with van der Waals surface area (Å²) in [6.45, 7) is 2.24. The summed E-state index contributed by atoms with van der Waals surface area (Å²) >= 11 is 1.36. The number of aromatic nitrogens is 1. The molecule has 0 saturated carbocycles. The van der Waals surface area contributed by atoms with Crippen molar-refractivity contribution in [1.29, 1.82) is 0 Å². The lowest BCUT2D eigenvalue weighted by Crippen LogP contribution is -2.10. The SMILES string of the molecule is Cc1cc(C(=O)Nc2ccccn2)sc1C#CCN. The van der Waals surface area contributed by atoms with Crippen molar-refractivity contribution in [2.45, 2.75) is 6.92 Å². The minimum Gasteiger partial charge on any atom is -0.320 e. The van der Waals surface area contributed by atoms with Gasteiger partial charge < -0.3 is 11.1 Å². The number of amides is 1. The third-order valence-electron chi connectivity index (χ3n) is 2.35. The molecular formula is C14H13N3OS. The van der Waals surface area contributed by atoms with Crippen LogP contribution in [-0.4, -0.2) is 17.4 Å². The minimum atomic E-state index is -0.174. The lowest BCUT2D eigenvalue weighted by Gasteiger charge is -2.00. The van der Waals surface area contributed by atoms with E-state index in [1.807, 2.05) is 19.1 Å². The van der Waals surface area contributed by atoms with Crippen LogP contribution in [0.2, 0.25) is 0 Å². The van der Waals surface area contributed by atoms with E-state index in [1.54, 1.807) is 18.3 Å². The molecule has 2 aromatic heterocycles. The fraction of sp³-hybridized carbons (Fsp3) is 0.143. The van der Waals surface area contributed by atoms with Gasteiger partial charge in [-0.1, -0.05) is 17.9 Å². The van der Waals surface area contributed by atoms with Crippen LogP contribution in [0.4, 0.5) is 5.82 Å². The van der Waals surface area contributed by atoms with Crippen molar-refractivity contribution in [2.75, 3.05) is 11.9 Å². The molecule has 3 N–H and O–H groups in total. The van der Waals surface area contributed by atoms with E-state index < -0.39 is 0 Å². The predicted octanol–water partition coefficient (Wildman–Crippen LogP) is 2.01. The van der Waals surface area contributed by atoms with Gasteiger partial charge in [-0.15, -0.1) is 11.3 Å². The Morgan fingerprint density at radius 3 is 3.05 bits per heavy atom. The van der Waals surface area contributed by atoms with Gasteiger partial charge in [0.05, 0.1) is 16.3 Å². The van der Waals surface area contributed by atoms with Gasteiger partial charge in [0.25, 0.3) is 5.91 Å². The number of anilines is 1. The Morgan fingerprint density at radius 2 is 2.37 bits per heavy atom. The topological polar surface area (TPSA) is 68.0 Å². The highest BCUT2D eigenvalue weighted by Gasteiger charge is 2.11. The van der Waals surface area contributed by atoms with Crippen molar-refractivity contribution < 1.29 is 4.79 Å². The number of pyridine rings is 1. The van der Waals surface area contributed by atoms with Gasteiger partial charge in [-0.3, -0.25) is 4.79 Å². The zero-order valence-electron chi connectivity index (χ0n) is 10.4. The van der Waals surface area contributed by atoms with E-state index in [4.69, 9.17) is 5.73 Å². The largest absolute Gasteiger partial charge is 0.320 e. The average molecular weight is 271 g/mol. The minimum absolute atomic E-state index is 0.174. The Balaban J connectivity index is 2.16. The van der Waals surface area contributed by atoms with Crippen LogP contribution in [0.1, 0.15) is 20.1 Å². The van der Waals surface area contributed by atoms with Crippen molar-refractivity contribution in [3.05, 3.63) is 45.8 Å². The van der Waals surface area contributed by atoms with Gasteiger partial charge in [0.2, 0.25) is 0 Å². The number of rotatable bonds is 2. The van der Waals surface area contributed by atoms with Crippen LogP contribution in [0.3, 0.4) is 0 Å². The van der Waals surface area contributed by atoms with Crippen LogP contribution >= 0.6 is 11.3 Å². The second kappa shape index (κ2) is 6.14. The summed E-state index contributed by atoms with van der Waals surface area (Å²) in [4.78, 5) is 17.6. The smallest absolute Gasteiger partial charge is 0.266 e. The maximum atomic E-state index is 12.0. The maximum Gasteiger partial charge on any atom is 0.266 e. The molecule has 1 amide bonds. The number of hydrogen-bond acceptors (Lipinski definition) is 4. The van der Waals surface area contributed by atoms with Crippen molar-refractivity contribution in [3.8, 4) is 11.8 Å². The summed E-state index contributed by atoms with van der Waals surface area (Å²) in [5, 5.41) is 2.74. The van der Waals surface area contributed by atoms with Gasteiger partial charge in [0.1, 0.15) is 5.82 Å². The first-order chi connectivity index (χ1) is 9.20. The molecule has 0 atom stereocenters. The normalized spacial score (nSPS) is 9.58. The summed E-state index contributed by atoms with van der Waals surface area (Å²) in [5.74, 6) is 6.11. The number of hydrogen-bond donors (Lipinski definition) is 2. The number of nitrogens with one attached hydrogen (secondary N) is 1. The number of nitrogens with zero attached hydrogens (tertiary/aromatic N) is 1. The van der Waals surface area contributed by atoms with Gasteiger partial charge >= 0.3 is 0 Å². The maximum absolute atomic E-state index is 12.0. The Labute approximate surface area is 115 Å². The lowest BCUT2D eigenvalue weighted by atomic mass is 10.2. The molecule has 4 nitrogen and oxygen atoms in total. The van der Waals surface area contributed by atoms with Gasteiger partial charge in [-0.2, -0.15) is 0 Å². The van der Waals surface area contributed by atoms with Crippen LogP contribution in [0.15, 0.2) is 30.5 Å². The van der Waals surface area contributed by atoms with Crippen molar-refractivity contribution in [1.82, 2.24) is 4.98 Å². The van der Waals surface area contributed by atoms with E-state index in [-0.39, 0.29) is 5.91 Å². The average Bonchev–Trinajstić information content (AvgIpc) is 2.79. The number of carbonyl (C=O) groups is 1. The molecule has 0 spiro atoms. The van der Waals surface area contributed by atoms with E-state index in [0.717, 1.165) is 10.4 Å². The zero-order valence-corrected chi connectivity index (χ0v) is 11.3. The summed E-state index contributed by atoms with van der Waals surface area (Å²) in [7, 11) is 0. The van der Waals surface area contributed by atoms with Gasteiger partial charge in [0, 0.05) is 6.20 Å². The molecule has 5 heteroatoms. The molecule has 19 heavy (non-hydrogen) atoms. The zero-order chi connectivity index (χ0) is 13.7. The Hall–Kier alpha value is -2.16. The van der Waals surface area contributed by atoms with Crippen molar-refractivity contribution >= 4 is 23.1 Å². The molecule has 2 aromatic rings. The Bertz CT molecular complexity index is 638. The first kappa shape index (κ1) is 13.3. The van der Waals surface area contributed by atoms with Gasteiger partial charge in [-0.05, 0) is 30.7 Å². The molecule has 0 aromatic carbocycles. The van der Waals surface area contributed by atoms with Crippen molar-refractivity contribution in [2.24, 2.45) is 5.73 Å². The molecule has 0 fully saturated rings. The molecule has 2 rings (SSSR count). The third kappa shape index (κ3) is 3.41. The van der Waals surface area contributed by atoms with E-state index >= 15 is 0 Å². The van der Waals surface area contributed by atoms with Crippen LogP contribution in [0.5, 0.6) is 0 Å². The summed E-state index contributed by atoms with van der Waals surface area (Å²) in [6.07, 6.45) is 1.63. The second-order valence-electron chi connectivity index (χ2n) is 3.80. The summed E-state index contributed by atoms with van der Waals surface area (Å²) < 4.78 is 0. The number of nitrogens with two attached hydrogens (primary N) is 1. The molecule has 0 aliphatic heterocycles. The molecule has 0 aliphatic carbocycles. The molecule has 0 radical (unpaired) electrons. The third-order valence-corrected chi connectivity index (χ3v) is 3.50. The molecule has 2 heterocycles. The van der Waals surface area contributed by atoms with E-state index in [0.29, 0.717) is 17.2 Å². The van der Waals surface area contributed by atoms with Crippen LogP contribution in [0.25, 0.3) is 0 Å². The molecular weight excluding hydrogens is 258 g/mol. The Morgan fingerprint density at radius 1 is 1.53 bits per heavy atom. The first-order valence-corrected chi connectivity index (χ1v) is 6.54. The highest BCUT2D eigenvalue weighted by Crippen LogP contribution is 2.21. The number of thiophene rings is 1. The highest BCUT2D eigenvalue weighted by molar-refractivity contribution is 7.14. The quantitative estimate of drug-likeness (QED) is 0.821. The molecule has 0 bridgehead atoms. The van der Waals surface area contributed by atoms with Gasteiger partial charge in [0.15, 0.2) is 0 Å². The second-order valence-corrected chi connectivity index (χ2v) is 4.85. The van der Waals surface area contributed by atoms with Crippen molar-refractivity contribution in [3.63, 3.8) is 0 Å². The molecule has 0 aliphatic rings. The standard InChI is InChI=1S/C14H13N3OS/c1-10-9-12(19-11(10)5-4-7-15)14(18)17-13-6-2-3-8-16-13/h2-3,6,8-9H,7,15H2,1H3,(H,16,17,18). The molecule has 0 saturated heterocycles. The predicted molar refractivity (Wildman–Crippen MR) is 77.2 cm³/mol. The van der Waals surface area contributed by atoms with Gasteiger partial charge in [-0.25, -0.2) is 4.98 Å². The number of carbonyl (C=O) groups excluding carboxylic acids is 1. The van der Waals surface area contributed by atoms with Crippen LogP contribution in [0, 0.1) is 18.8 Å². The molecule has 96 valence electrons. The van der Waals surface area contributed by atoms with Crippen LogP contribution < -0.4 is 11.1 Å². The fourth-order valence-corrected chi connectivity index (χ4v) is 2.41. The number of aryl methyl sites for hydroxylation is 1. The highest BCUT2D eigenvalue weighted by atomic mass is 32.1. The van der Waals surface area contributed by atoms with E-state index in [2.05, 4.69) is 22.1 Å². The van der Waals surface area contributed by atoms with Crippen LogP contribution in [-0.2, 0) is 0 Å². The summed E-state index contributed by atoms with van der Waals surface area (Å²) in [5.41, 5.74) is 6.32. The lowest BCUT2D eigenvalue weighted by molar-refractivity contribution is 0.103. The summed E-state index contributed by atoms with van der Waals surface area (Å²) in [6, 6.07) is 7.18. The molecule has 0 unspecified atom stereocenters. The fourth-order valence-electron chi connectivity index (χ4n) is 1.46. The Kier molecular flexibility index (Phi) is 4.29. The monoisotopic (exact) mass is 271 g/mol. The van der Waals surface area contributed by atoms with E-state index in [9.17, 15) is 4.79 Å². The van der Waals surface area contributed by atoms with E-state index in [1.165, 1.54) is 11.3 Å².